The number of aromatic nitrogens is 2. The summed E-state index contributed by atoms with van der Waals surface area (Å²) in [6.45, 7) is 5.28. The van der Waals surface area contributed by atoms with E-state index in [9.17, 15) is 0 Å². The van der Waals surface area contributed by atoms with Crippen LogP contribution in [0.25, 0.3) is 11.0 Å². The molecule has 0 aliphatic rings. The van der Waals surface area contributed by atoms with E-state index in [0.717, 1.165) is 37.1 Å². The van der Waals surface area contributed by atoms with Crippen molar-refractivity contribution in [1.82, 2.24) is 14.9 Å². The van der Waals surface area contributed by atoms with E-state index in [2.05, 4.69) is 49.0 Å². The summed E-state index contributed by atoms with van der Waals surface area (Å²) in [7, 11) is 3.90. The van der Waals surface area contributed by atoms with E-state index in [0.29, 0.717) is 6.04 Å². The van der Waals surface area contributed by atoms with Gasteiger partial charge in [0.25, 0.3) is 0 Å². The first-order valence-electron chi connectivity index (χ1n) is 7.87. The maximum absolute atomic E-state index is 5.69. The zero-order chi connectivity index (χ0) is 15.2. The normalized spacial score (nSPS) is 14.5. The van der Waals surface area contributed by atoms with E-state index < -0.39 is 0 Å². The van der Waals surface area contributed by atoms with Gasteiger partial charge in [0.15, 0.2) is 0 Å². The second-order valence-corrected chi connectivity index (χ2v) is 5.51. The number of imidazole rings is 1. The summed E-state index contributed by atoms with van der Waals surface area (Å²) >= 11 is 0. The van der Waals surface area contributed by atoms with Gasteiger partial charge in [0.05, 0.1) is 17.1 Å². The smallest absolute Gasteiger partial charge is 0.111 e. The number of benzene rings is 1. The fraction of sp³-hybridized carbons (Fsp3) is 0.588. The Labute approximate surface area is 127 Å². The van der Waals surface area contributed by atoms with E-state index in [1.54, 1.807) is 7.11 Å². The SMILES string of the molecule is CCCC(OC)C(Cc1nc2ccccc2n1C)NCC. The van der Waals surface area contributed by atoms with E-state index >= 15 is 0 Å². The van der Waals surface area contributed by atoms with Gasteiger partial charge in [0.1, 0.15) is 5.82 Å². The minimum absolute atomic E-state index is 0.231. The first kappa shape index (κ1) is 16.0. The van der Waals surface area contributed by atoms with Gasteiger partial charge in [0, 0.05) is 26.6 Å². The molecule has 0 aliphatic heterocycles. The Morgan fingerprint density at radius 1 is 1.29 bits per heavy atom. The average molecular weight is 289 g/mol. The van der Waals surface area contributed by atoms with Gasteiger partial charge < -0.3 is 14.6 Å². The fourth-order valence-electron chi connectivity index (χ4n) is 2.94. The van der Waals surface area contributed by atoms with Crippen LogP contribution in [0.2, 0.25) is 0 Å². The number of ether oxygens (including phenoxy) is 1. The number of likely N-dealkylation sites (N-methyl/N-ethyl adjacent to an activating group) is 1. The van der Waals surface area contributed by atoms with Gasteiger partial charge in [-0.25, -0.2) is 4.98 Å². The van der Waals surface area contributed by atoms with E-state index in [1.807, 2.05) is 6.07 Å². The predicted molar refractivity (Wildman–Crippen MR) is 87.6 cm³/mol. The number of rotatable bonds is 8. The number of aryl methyl sites for hydroxylation is 1. The number of fused-ring (bicyclic) bond motifs is 1. The summed E-state index contributed by atoms with van der Waals surface area (Å²) in [4.78, 5) is 4.78. The number of hydrogen-bond acceptors (Lipinski definition) is 3. The number of hydrogen-bond donors (Lipinski definition) is 1. The van der Waals surface area contributed by atoms with Crippen LogP contribution in [0.4, 0.5) is 0 Å². The molecule has 0 saturated heterocycles. The van der Waals surface area contributed by atoms with E-state index in [-0.39, 0.29) is 6.10 Å². The molecule has 4 nitrogen and oxygen atoms in total. The monoisotopic (exact) mass is 289 g/mol. The Hall–Kier alpha value is -1.39. The second kappa shape index (κ2) is 7.57. The van der Waals surface area contributed by atoms with Gasteiger partial charge in [-0.2, -0.15) is 0 Å². The van der Waals surface area contributed by atoms with E-state index in [4.69, 9.17) is 9.72 Å². The van der Waals surface area contributed by atoms with Crippen molar-refractivity contribution in [1.29, 1.82) is 0 Å². The molecule has 0 aliphatic carbocycles. The van der Waals surface area contributed by atoms with Crippen molar-refractivity contribution in [2.75, 3.05) is 13.7 Å². The Balaban J connectivity index is 2.23. The van der Waals surface area contributed by atoms with Crippen molar-refractivity contribution in [2.45, 2.75) is 45.3 Å². The average Bonchev–Trinajstić information content (AvgIpc) is 2.81. The lowest BCUT2D eigenvalue weighted by Gasteiger charge is -2.26. The molecule has 0 radical (unpaired) electrons. The molecule has 0 fully saturated rings. The predicted octanol–water partition coefficient (Wildman–Crippen LogP) is 2.91. The first-order valence-corrected chi connectivity index (χ1v) is 7.87. The van der Waals surface area contributed by atoms with Crippen molar-refractivity contribution >= 4 is 11.0 Å². The van der Waals surface area contributed by atoms with Crippen molar-refractivity contribution in [3.05, 3.63) is 30.1 Å². The first-order chi connectivity index (χ1) is 10.2. The van der Waals surface area contributed by atoms with Gasteiger partial charge in [-0.05, 0) is 25.1 Å². The van der Waals surface area contributed by atoms with Crippen molar-refractivity contribution in [3.8, 4) is 0 Å². The summed E-state index contributed by atoms with van der Waals surface area (Å²) in [5.41, 5.74) is 2.25. The summed E-state index contributed by atoms with van der Waals surface area (Å²) in [6.07, 6.45) is 3.31. The molecule has 0 bridgehead atoms. The lowest BCUT2D eigenvalue weighted by molar-refractivity contribution is 0.0606. The minimum Gasteiger partial charge on any atom is -0.380 e. The van der Waals surface area contributed by atoms with Crippen molar-refractivity contribution in [3.63, 3.8) is 0 Å². The maximum Gasteiger partial charge on any atom is 0.111 e. The van der Waals surface area contributed by atoms with Crippen LogP contribution < -0.4 is 5.32 Å². The molecular weight excluding hydrogens is 262 g/mol. The minimum atomic E-state index is 0.231. The highest BCUT2D eigenvalue weighted by atomic mass is 16.5. The van der Waals surface area contributed by atoms with Crippen LogP contribution in [-0.4, -0.2) is 35.4 Å². The third-order valence-corrected chi connectivity index (χ3v) is 4.07. The van der Waals surface area contributed by atoms with Crippen LogP contribution in [0.15, 0.2) is 24.3 Å². The highest BCUT2D eigenvalue weighted by Crippen LogP contribution is 2.17. The number of para-hydroxylation sites is 2. The number of methoxy groups -OCH3 is 1. The molecule has 0 spiro atoms. The molecule has 0 amide bonds. The summed E-state index contributed by atoms with van der Waals surface area (Å²) in [5.74, 6) is 1.11. The standard InChI is InChI=1S/C17H27N3O/c1-5-9-16(21-4)14(18-6-2)12-17-19-13-10-7-8-11-15(13)20(17)3/h7-8,10-11,14,16,18H,5-6,9,12H2,1-4H3. The molecule has 4 heteroatoms. The van der Waals surface area contributed by atoms with Crippen LogP contribution in [0.5, 0.6) is 0 Å². The lowest BCUT2D eigenvalue weighted by Crippen LogP contribution is -2.43. The number of nitrogens with zero attached hydrogens (tertiary/aromatic N) is 2. The third-order valence-electron chi connectivity index (χ3n) is 4.07. The summed E-state index contributed by atoms with van der Waals surface area (Å²) in [5, 5.41) is 3.56. The fourth-order valence-corrected chi connectivity index (χ4v) is 2.94. The summed E-state index contributed by atoms with van der Waals surface area (Å²) in [6, 6.07) is 8.59. The molecule has 2 unspecified atom stereocenters. The largest absolute Gasteiger partial charge is 0.380 e. The maximum atomic E-state index is 5.69. The summed E-state index contributed by atoms with van der Waals surface area (Å²) < 4.78 is 7.88. The Kier molecular flexibility index (Phi) is 5.76. The van der Waals surface area contributed by atoms with Crippen LogP contribution >= 0.6 is 0 Å². The molecule has 1 aromatic carbocycles. The van der Waals surface area contributed by atoms with Crippen LogP contribution in [0.3, 0.4) is 0 Å². The highest BCUT2D eigenvalue weighted by Gasteiger charge is 2.22. The Morgan fingerprint density at radius 3 is 2.67 bits per heavy atom. The molecule has 1 N–H and O–H groups in total. The third kappa shape index (κ3) is 3.63. The van der Waals surface area contributed by atoms with Crippen molar-refractivity contribution in [2.24, 2.45) is 7.05 Å². The zero-order valence-corrected chi connectivity index (χ0v) is 13.6. The Morgan fingerprint density at radius 2 is 2.05 bits per heavy atom. The van der Waals surface area contributed by atoms with Crippen LogP contribution in [0.1, 0.15) is 32.5 Å². The van der Waals surface area contributed by atoms with Crippen LogP contribution in [-0.2, 0) is 18.2 Å². The van der Waals surface area contributed by atoms with E-state index in [1.165, 1.54) is 5.52 Å². The van der Waals surface area contributed by atoms with Crippen LogP contribution in [0, 0.1) is 0 Å². The lowest BCUT2D eigenvalue weighted by atomic mass is 10.0. The molecule has 1 heterocycles. The molecule has 116 valence electrons. The molecular formula is C17H27N3O. The van der Waals surface area contributed by atoms with Gasteiger partial charge in [-0.3, -0.25) is 0 Å². The zero-order valence-electron chi connectivity index (χ0n) is 13.6. The number of nitrogens with one attached hydrogen (secondary N) is 1. The molecule has 21 heavy (non-hydrogen) atoms. The van der Waals surface area contributed by atoms with Gasteiger partial charge in [0.2, 0.25) is 0 Å². The Bertz CT molecular complexity index is 564. The molecule has 0 saturated carbocycles. The molecule has 2 aromatic rings. The van der Waals surface area contributed by atoms with Gasteiger partial charge in [-0.1, -0.05) is 32.4 Å². The molecule has 2 rings (SSSR count). The highest BCUT2D eigenvalue weighted by molar-refractivity contribution is 5.75. The second-order valence-electron chi connectivity index (χ2n) is 5.51. The van der Waals surface area contributed by atoms with Gasteiger partial charge in [-0.15, -0.1) is 0 Å². The quantitative estimate of drug-likeness (QED) is 0.812. The molecule has 2 atom stereocenters. The molecule has 1 aromatic heterocycles. The van der Waals surface area contributed by atoms with Gasteiger partial charge >= 0.3 is 0 Å². The van der Waals surface area contributed by atoms with Crippen molar-refractivity contribution < 1.29 is 4.74 Å². The topological polar surface area (TPSA) is 39.1 Å².